The molecule has 0 saturated heterocycles. The standard InChI is InChI=1S/C13H17FN2O/c14-13-9-12(6-5-11(13)10-15)16-7-3-1-2-4-8-17/h5-6,9,16-17H,1-4,7-8H2. The van der Waals surface area contributed by atoms with Gasteiger partial charge in [0, 0.05) is 18.8 Å². The SMILES string of the molecule is N#Cc1ccc(NCCCCCCO)cc1F. The molecule has 0 atom stereocenters. The lowest BCUT2D eigenvalue weighted by Crippen LogP contribution is -2.02. The topological polar surface area (TPSA) is 56.0 Å². The molecular formula is C13H17FN2O. The maximum atomic E-state index is 13.2. The zero-order chi connectivity index (χ0) is 12.5. The highest BCUT2D eigenvalue weighted by Crippen LogP contribution is 2.13. The third-order valence-electron chi connectivity index (χ3n) is 2.50. The van der Waals surface area contributed by atoms with Crippen LogP contribution in [0.15, 0.2) is 18.2 Å². The predicted molar refractivity (Wildman–Crippen MR) is 65.2 cm³/mol. The molecule has 0 heterocycles. The summed E-state index contributed by atoms with van der Waals surface area (Å²) in [5, 5.41) is 20.3. The molecule has 1 rings (SSSR count). The summed E-state index contributed by atoms with van der Waals surface area (Å²) in [6.45, 7) is 1.02. The molecule has 0 aliphatic rings. The number of nitrogens with zero attached hydrogens (tertiary/aromatic N) is 1. The third kappa shape index (κ3) is 4.83. The van der Waals surface area contributed by atoms with Crippen LogP contribution in [0.2, 0.25) is 0 Å². The summed E-state index contributed by atoms with van der Waals surface area (Å²) in [5.74, 6) is -0.488. The number of benzene rings is 1. The number of halogens is 1. The number of aliphatic hydroxyl groups is 1. The number of anilines is 1. The summed E-state index contributed by atoms with van der Waals surface area (Å²) in [6, 6.07) is 6.31. The van der Waals surface area contributed by atoms with Crippen LogP contribution in [0, 0.1) is 17.1 Å². The van der Waals surface area contributed by atoms with Crippen molar-refractivity contribution in [3.63, 3.8) is 0 Å². The van der Waals surface area contributed by atoms with E-state index in [9.17, 15) is 4.39 Å². The van der Waals surface area contributed by atoms with E-state index in [4.69, 9.17) is 10.4 Å². The minimum Gasteiger partial charge on any atom is -0.396 e. The molecule has 0 bridgehead atoms. The summed E-state index contributed by atoms with van der Waals surface area (Å²) in [5.41, 5.74) is 0.766. The van der Waals surface area contributed by atoms with E-state index in [-0.39, 0.29) is 12.2 Å². The van der Waals surface area contributed by atoms with Crippen molar-refractivity contribution in [3.8, 4) is 6.07 Å². The van der Waals surface area contributed by atoms with Gasteiger partial charge in [0.15, 0.2) is 0 Å². The quantitative estimate of drug-likeness (QED) is 0.715. The molecule has 1 aromatic carbocycles. The molecule has 0 radical (unpaired) electrons. The molecule has 17 heavy (non-hydrogen) atoms. The van der Waals surface area contributed by atoms with Crippen LogP contribution in [0.5, 0.6) is 0 Å². The fourth-order valence-electron chi connectivity index (χ4n) is 1.54. The van der Waals surface area contributed by atoms with Gasteiger partial charge in [-0.05, 0) is 31.0 Å². The molecule has 0 spiro atoms. The first-order valence-electron chi connectivity index (χ1n) is 5.82. The van der Waals surface area contributed by atoms with Gasteiger partial charge in [-0.25, -0.2) is 4.39 Å². The number of aliphatic hydroxyl groups excluding tert-OH is 1. The van der Waals surface area contributed by atoms with Crippen LogP contribution in [-0.2, 0) is 0 Å². The van der Waals surface area contributed by atoms with Crippen LogP contribution in [-0.4, -0.2) is 18.3 Å². The summed E-state index contributed by atoms with van der Waals surface area (Å²) in [6.07, 6.45) is 3.89. The van der Waals surface area contributed by atoms with Crippen LogP contribution in [0.25, 0.3) is 0 Å². The van der Waals surface area contributed by atoms with Gasteiger partial charge < -0.3 is 10.4 Å². The summed E-state index contributed by atoms with van der Waals surface area (Å²) in [4.78, 5) is 0. The van der Waals surface area contributed by atoms with E-state index in [0.29, 0.717) is 5.69 Å². The maximum absolute atomic E-state index is 13.2. The van der Waals surface area contributed by atoms with Crippen molar-refractivity contribution in [1.82, 2.24) is 0 Å². The fraction of sp³-hybridized carbons (Fsp3) is 0.462. The van der Waals surface area contributed by atoms with Gasteiger partial charge in [0.1, 0.15) is 11.9 Å². The van der Waals surface area contributed by atoms with E-state index in [0.717, 1.165) is 32.2 Å². The van der Waals surface area contributed by atoms with Gasteiger partial charge in [0.25, 0.3) is 0 Å². The molecule has 0 aliphatic heterocycles. The van der Waals surface area contributed by atoms with Crippen LogP contribution in [0.1, 0.15) is 31.2 Å². The molecule has 0 unspecified atom stereocenters. The highest BCUT2D eigenvalue weighted by molar-refractivity contribution is 5.47. The van der Waals surface area contributed by atoms with Crippen molar-refractivity contribution in [1.29, 1.82) is 5.26 Å². The Balaban J connectivity index is 2.28. The normalized spacial score (nSPS) is 9.94. The second-order valence-corrected chi connectivity index (χ2v) is 3.87. The zero-order valence-corrected chi connectivity index (χ0v) is 9.75. The molecule has 4 heteroatoms. The van der Waals surface area contributed by atoms with Gasteiger partial charge in [-0.15, -0.1) is 0 Å². The highest BCUT2D eigenvalue weighted by atomic mass is 19.1. The number of nitrogens with one attached hydrogen (secondary N) is 1. The van der Waals surface area contributed by atoms with Gasteiger partial charge in [0.2, 0.25) is 0 Å². The number of unbranched alkanes of at least 4 members (excludes halogenated alkanes) is 3. The zero-order valence-electron chi connectivity index (χ0n) is 9.75. The second kappa shape index (κ2) is 7.64. The summed E-state index contributed by atoms with van der Waals surface area (Å²) < 4.78 is 13.2. The average Bonchev–Trinajstić information content (AvgIpc) is 2.34. The molecule has 0 aliphatic carbocycles. The molecule has 1 aromatic rings. The smallest absolute Gasteiger partial charge is 0.143 e. The summed E-state index contributed by atoms with van der Waals surface area (Å²) in [7, 11) is 0. The number of hydrogen-bond acceptors (Lipinski definition) is 3. The molecular weight excluding hydrogens is 219 g/mol. The first-order chi connectivity index (χ1) is 8.27. The van der Waals surface area contributed by atoms with Crippen LogP contribution in [0.3, 0.4) is 0 Å². The first kappa shape index (κ1) is 13.5. The Morgan fingerprint density at radius 1 is 1.24 bits per heavy atom. The van der Waals surface area contributed by atoms with Gasteiger partial charge in [-0.1, -0.05) is 12.8 Å². The number of nitriles is 1. The van der Waals surface area contributed by atoms with E-state index in [1.165, 1.54) is 12.1 Å². The Hall–Kier alpha value is -1.60. The fourth-order valence-corrected chi connectivity index (χ4v) is 1.54. The summed E-state index contributed by atoms with van der Waals surface area (Å²) >= 11 is 0. The van der Waals surface area contributed by atoms with Crippen LogP contribution >= 0.6 is 0 Å². The van der Waals surface area contributed by atoms with Gasteiger partial charge in [-0.3, -0.25) is 0 Å². The van der Waals surface area contributed by atoms with Crippen molar-refractivity contribution in [2.75, 3.05) is 18.5 Å². The van der Waals surface area contributed by atoms with E-state index in [1.807, 2.05) is 0 Å². The molecule has 0 amide bonds. The lowest BCUT2D eigenvalue weighted by molar-refractivity contribution is 0.283. The van der Waals surface area contributed by atoms with Crippen molar-refractivity contribution in [2.45, 2.75) is 25.7 Å². The minimum atomic E-state index is -0.488. The van der Waals surface area contributed by atoms with Crippen molar-refractivity contribution in [3.05, 3.63) is 29.6 Å². The van der Waals surface area contributed by atoms with Gasteiger partial charge in [0.05, 0.1) is 5.56 Å². The largest absolute Gasteiger partial charge is 0.396 e. The van der Waals surface area contributed by atoms with Crippen molar-refractivity contribution >= 4 is 5.69 Å². The Labute approximate surface area is 101 Å². The van der Waals surface area contributed by atoms with Crippen LogP contribution < -0.4 is 5.32 Å². The Kier molecular flexibility index (Phi) is 6.05. The molecule has 0 aromatic heterocycles. The number of hydrogen-bond donors (Lipinski definition) is 2. The van der Waals surface area contributed by atoms with Gasteiger partial charge in [-0.2, -0.15) is 5.26 Å². The lowest BCUT2D eigenvalue weighted by Gasteiger charge is -2.06. The molecule has 0 fully saturated rings. The molecule has 3 nitrogen and oxygen atoms in total. The van der Waals surface area contributed by atoms with Crippen molar-refractivity contribution in [2.24, 2.45) is 0 Å². The van der Waals surface area contributed by atoms with Gasteiger partial charge >= 0.3 is 0 Å². The Morgan fingerprint density at radius 3 is 2.65 bits per heavy atom. The third-order valence-corrected chi connectivity index (χ3v) is 2.50. The van der Waals surface area contributed by atoms with Crippen molar-refractivity contribution < 1.29 is 9.50 Å². The van der Waals surface area contributed by atoms with E-state index in [2.05, 4.69) is 5.32 Å². The molecule has 0 saturated carbocycles. The average molecular weight is 236 g/mol. The monoisotopic (exact) mass is 236 g/mol. The first-order valence-corrected chi connectivity index (χ1v) is 5.82. The van der Waals surface area contributed by atoms with E-state index < -0.39 is 5.82 Å². The highest BCUT2D eigenvalue weighted by Gasteiger charge is 2.01. The Bertz CT molecular complexity index is 387. The number of rotatable bonds is 7. The maximum Gasteiger partial charge on any atom is 0.143 e. The van der Waals surface area contributed by atoms with E-state index >= 15 is 0 Å². The minimum absolute atomic E-state index is 0.0681. The van der Waals surface area contributed by atoms with Crippen LogP contribution in [0.4, 0.5) is 10.1 Å². The molecule has 92 valence electrons. The lowest BCUT2D eigenvalue weighted by atomic mass is 10.2. The second-order valence-electron chi connectivity index (χ2n) is 3.87. The predicted octanol–water partition coefficient (Wildman–Crippen LogP) is 2.66. The van der Waals surface area contributed by atoms with E-state index in [1.54, 1.807) is 12.1 Å². The molecule has 2 N–H and O–H groups in total. The Morgan fingerprint density at radius 2 is 2.00 bits per heavy atom.